The van der Waals surface area contributed by atoms with Crippen LogP contribution >= 0.6 is 31.9 Å². The summed E-state index contributed by atoms with van der Waals surface area (Å²) in [6.07, 6.45) is 1.33. The largest absolute Gasteiger partial charge is 0.506 e. The summed E-state index contributed by atoms with van der Waals surface area (Å²) in [5.74, 6) is -0.717. The summed E-state index contributed by atoms with van der Waals surface area (Å²) in [7, 11) is 0. The fourth-order valence-corrected chi connectivity index (χ4v) is 3.97. The number of nitrogens with zero attached hydrogens (tertiary/aromatic N) is 1. The zero-order valence-corrected chi connectivity index (χ0v) is 17.0. The highest BCUT2D eigenvalue weighted by Gasteiger charge is 2.37. The molecule has 0 bridgehead atoms. The van der Waals surface area contributed by atoms with E-state index in [0.717, 1.165) is 4.90 Å². The Balaban J connectivity index is 1.74. The van der Waals surface area contributed by atoms with Gasteiger partial charge in [-0.05, 0) is 67.8 Å². The molecule has 2 heterocycles. The fourth-order valence-electron chi connectivity index (χ4n) is 2.75. The third-order valence-corrected chi connectivity index (χ3v) is 5.28. The number of nitrogens with one attached hydrogen (secondary N) is 1. The van der Waals surface area contributed by atoms with Crippen LogP contribution in [0.1, 0.15) is 5.56 Å². The van der Waals surface area contributed by atoms with Crippen molar-refractivity contribution in [3.05, 3.63) is 50.4 Å². The Labute approximate surface area is 175 Å². The SMILES string of the molecule is O=C1NC(=O)N(c2ccc3c(c2)OCO3)C(=O)/C1=C/c1cc(Br)c(O)c(Br)c1. The van der Waals surface area contributed by atoms with E-state index in [1.54, 1.807) is 6.07 Å². The second kappa shape index (κ2) is 6.95. The van der Waals surface area contributed by atoms with Gasteiger partial charge in [-0.2, -0.15) is 0 Å². The number of phenolic OH excluding ortho intramolecular Hbond substituents is 1. The molecule has 0 atom stereocenters. The molecule has 4 rings (SSSR count). The number of benzene rings is 2. The highest BCUT2D eigenvalue weighted by atomic mass is 79.9. The van der Waals surface area contributed by atoms with Crippen molar-refractivity contribution in [2.45, 2.75) is 0 Å². The molecule has 2 aliphatic rings. The molecule has 0 aliphatic carbocycles. The van der Waals surface area contributed by atoms with Gasteiger partial charge < -0.3 is 14.6 Å². The first-order valence-electron chi connectivity index (χ1n) is 7.84. The number of hydrogen-bond acceptors (Lipinski definition) is 6. The van der Waals surface area contributed by atoms with Crippen molar-refractivity contribution in [3.8, 4) is 17.2 Å². The molecular weight excluding hydrogens is 500 g/mol. The molecule has 28 heavy (non-hydrogen) atoms. The molecule has 10 heteroatoms. The second-order valence-corrected chi connectivity index (χ2v) is 7.54. The number of rotatable bonds is 2. The summed E-state index contributed by atoms with van der Waals surface area (Å²) in [6, 6.07) is 6.79. The van der Waals surface area contributed by atoms with Crippen LogP contribution in [-0.4, -0.2) is 29.7 Å². The smallest absolute Gasteiger partial charge is 0.335 e. The molecule has 0 unspecified atom stereocenters. The Bertz CT molecular complexity index is 1060. The Hall–Kier alpha value is -2.85. The average molecular weight is 510 g/mol. The van der Waals surface area contributed by atoms with Gasteiger partial charge in [0.05, 0.1) is 14.6 Å². The van der Waals surface area contributed by atoms with Crippen molar-refractivity contribution in [3.63, 3.8) is 0 Å². The second-order valence-electron chi connectivity index (χ2n) is 5.83. The molecule has 2 aliphatic heterocycles. The van der Waals surface area contributed by atoms with Crippen LogP contribution in [0.15, 0.2) is 44.9 Å². The number of carbonyl (C=O) groups is 3. The number of aromatic hydroxyl groups is 1. The number of amides is 4. The van der Waals surface area contributed by atoms with Gasteiger partial charge in [0.2, 0.25) is 6.79 Å². The number of phenols is 1. The first kappa shape index (κ1) is 18.5. The maximum Gasteiger partial charge on any atom is 0.335 e. The van der Waals surface area contributed by atoms with Crippen LogP contribution in [0.2, 0.25) is 0 Å². The van der Waals surface area contributed by atoms with E-state index >= 15 is 0 Å². The van der Waals surface area contributed by atoms with Crippen LogP contribution in [0.25, 0.3) is 6.08 Å². The number of barbiturate groups is 1. The van der Waals surface area contributed by atoms with Gasteiger partial charge in [-0.3, -0.25) is 14.9 Å². The lowest BCUT2D eigenvalue weighted by molar-refractivity contribution is -0.122. The molecule has 2 aromatic carbocycles. The summed E-state index contributed by atoms with van der Waals surface area (Å²) in [5, 5.41) is 12.0. The first-order chi connectivity index (χ1) is 13.3. The standard InChI is InChI=1S/C18H10Br2N2O6/c19-11-4-8(5-12(20)15(11)23)3-10-16(24)21-18(26)22(17(10)25)9-1-2-13-14(6-9)28-7-27-13/h1-6,23H,7H2,(H,21,24,26)/b10-3+. The number of ether oxygens (including phenoxy) is 2. The minimum atomic E-state index is -0.862. The Morgan fingerprint density at radius 2 is 1.71 bits per heavy atom. The van der Waals surface area contributed by atoms with Crippen LogP contribution in [0.3, 0.4) is 0 Å². The third kappa shape index (κ3) is 3.14. The lowest BCUT2D eigenvalue weighted by atomic mass is 10.1. The van der Waals surface area contributed by atoms with Gasteiger partial charge in [-0.25, -0.2) is 9.69 Å². The number of imide groups is 2. The van der Waals surface area contributed by atoms with E-state index < -0.39 is 17.8 Å². The first-order valence-corrected chi connectivity index (χ1v) is 9.43. The normalized spacial score (nSPS) is 17.3. The molecule has 4 amide bonds. The van der Waals surface area contributed by atoms with Gasteiger partial charge in [0.25, 0.3) is 11.8 Å². The predicted octanol–water partition coefficient (Wildman–Crippen LogP) is 3.31. The Morgan fingerprint density at radius 3 is 2.43 bits per heavy atom. The van der Waals surface area contributed by atoms with Crippen molar-refractivity contribution in [1.29, 1.82) is 0 Å². The zero-order chi connectivity index (χ0) is 20.0. The van der Waals surface area contributed by atoms with Gasteiger partial charge in [-0.1, -0.05) is 0 Å². The van der Waals surface area contributed by atoms with Crippen molar-refractivity contribution < 1.29 is 29.0 Å². The Kier molecular flexibility index (Phi) is 4.60. The van der Waals surface area contributed by atoms with Crippen molar-refractivity contribution in [1.82, 2.24) is 5.32 Å². The number of urea groups is 1. The molecule has 0 aromatic heterocycles. The monoisotopic (exact) mass is 508 g/mol. The quantitative estimate of drug-likeness (QED) is 0.475. The summed E-state index contributed by atoms with van der Waals surface area (Å²) in [4.78, 5) is 38.3. The van der Waals surface area contributed by atoms with E-state index in [0.29, 0.717) is 26.0 Å². The van der Waals surface area contributed by atoms with Gasteiger partial charge in [0, 0.05) is 6.07 Å². The van der Waals surface area contributed by atoms with E-state index in [2.05, 4.69) is 37.2 Å². The molecule has 0 spiro atoms. The van der Waals surface area contributed by atoms with E-state index in [9.17, 15) is 19.5 Å². The van der Waals surface area contributed by atoms with Gasteiger partial charge in [-0.15, -0.1) is 0 Å². The molecular formula is C18H10Br2N2O6. The lowest BCUT2D eigenvalue weighted by Gasteiger charge is -2.26. The highest BCUT2D eigenvalue weighted by Crippen LogP contribution is 2.37. The van der Waals surface area contributed by atoms with E-state index in [4.69, 9.17) is 9.47 Å². The average Bonchev–Trinajstić information content (AvgIpc) is 3.11. The summed E-state index contributed by atoms with van der Waals surface area (Å²) >= 11 is 6.39. The van der Waals surface area contributed by atoms with Crippen molar-refractivity contribution >= 4 is 61.5 Å². The molecule has 2 N–H and O–H groups in total. The minimum absolute atomic E-state index is 0.0151. The third-order valence-electron chi connectivity index (χ3n) is 4.07. The summed E-state index contributed by atoms with van der Waals surface area (Å²) in [6.45, 7) is 0.0488. The fraction of sp³-hybridized carbons (Fsp3) is 0.0556. The molecule has 2 aromatic rings. The van der Waals surface area contributed by atoms with Gasteiger partial charge in [0.15, 0.2) is 11.5 Å². The molecule has 142 valence electrons. The van der Waals surface area contributed by atoms with Crippen LogP contribution in [-0.2, 0) is 9.59 Å². The van der Waals surface area contributed by atoms with Crippen LogP contribution in [0, 0.1) is 0 Å². The lowest BCUT2D eigenvalue weighted by Crippen LogP contribution is -2.54. The summed E-state index contributed by atoms with van der Waals surface area (Å²) in [5.41, 5.74) is 0.468. The van der Waals surface area contributed by atoms with Gasteiger partial charge >= 0.3 is 6.03 Å². The molecule has 1 fully saturated rings. The minimum Gasteiger partial charge on any atom is -0.506 e. The Morgan fingerprint density at radius 1 is 1.04 bits per heavy atom. The molecule has 8 nitrogen and oxygen atoms in total. The molecule has 0 radical (unpaired) electrons. The van der Waals surface area contributed by atoms with Gasteiger partial charge in [0.1, 0.15) is 11.3 Å². The van der Waals surface area contributed by atoms with E-state index in [1.807, 2.05) is 0 Å². The van der Waals surface area contributed by atoms with Crippen LogP contribution < -0.4 is 19.7 Å². The van der Waals surface area contributed by atoms with Crippen molar-refractivity contribution in [2.75, 3.05) is 11.7 Å². The van der Waals surface area contributed by atoms with E-state index in [1.165, 1.54) is 30.3 Å². The number of fused-ring (bicyclic) bond motifs is 1. The molecule has 0 saturated carbocycles. The maximum absolute atomic E-state index is 12.9. The van der Waals surface area contributed by atoms with E-state index in [-0.39, 0.29) is 23.8 Å². The van der Waals surface area contributed by atoms with Crippen molar-refractivity contribution in [2.24, 2.45) is 0 Å². The number of hydrogen-bond donors (Lipinski definition) is 2. The predicted molar refractivity (Wildman–Crippen MR) is 105 cm³/mol. The van der Waals surface area contributed by atoms with Crippen LogP contribution in [0.5, 0.6) is 17.2 Å². The topological polar surface area (TPSA) is 105 Å². The number of anilines is 1. The number of carbonyl (C=O) groups excluding carboxylic acids is 3. The maximum atomic E-state index is 12.9. The highest BCUT2D eigenvalue weighted by molar-refractivity contribution is 9.11. The van der Waals surface area contributed by atoms with Crippen LogP contribution in [0.4, 0.5) is 10.5 Å². The number of halogens is 2. The summed E-state index contributed by atoms with van der Waals surface area (Å²) < 4.78 is 11.2. The molecule has 1 saturated heterocycles. The zero-order valence-electron chi connectivity index (χ0n) is 13.9.